The van der Waals surface area contributed by atoms with Crippen molar-refractivity contribution in [3.05, 3.63) is 78.4 Å². The highest BCUT2D eigenvalue weighted by atomic mass is 16.5. The topological polar surface area (TPSA) is 77.1 Å². The number of ether oxygens (including phenoxy) is 3. The Kier molecular flexibility index (Phi) is 6.26. The minimum atomic E-state index is -0.598. The van der Waals surface area contributed by atoms with Crippen molar-refractivity contribution >= 4 is 23.2 Å². The van der Waals surface area contributed by atoms with Gasteiger partial charge in [0.1, 0.15) is 23.9 Å². The largest absolute Gasteiger partial charge is 0.497 e. The molecule has 164 valence electrons. The first-order valence-electron chi connectivity index (χ1n) is 10.3. The summed E-state index contributed by atoms with van der Waals surface area (Å²) in [4.78, 5) is 27.1. The van der Waals surface area contributed by atoms with Gasteiger partial charge in [-0.25, -0.2) is 0 Å². The average molecular weight is 432 g/mol. The van der Waals surface area contributed by atoms with Crippen LogP contribution in [0, 0.1) is 0 Å². The van der Waals surface area contributed by atoms with Gasteiger partial charge in [-0.1, -0.05) is 18.2 Å². The maximum Gasteiger partial charge on any atom is 0.267 e. The van der Waals surface area contributed by atoms with Gasteiger partial charge in [0.25, 0.3) is 11.8 Å². The van der Waals surface area contributed by atoms with E-state index >= 15 is 0 Å². The van der Waals surface area contributed by atoms with E-state index < -0.39 is 6.10 Å². The van der Waals surface area contributed by atoms with Gasteiger partial charge in [0, 0.05) is 11.3 Å². The van der Waals surface area contributed by atoms with E-state index in [1.807, 2.05) is 30.3 Å². The number of hydrogen-bond acceptors (Lipinski definition) is 5. The first-order valence-corrected chi connectivity index (χ1v) is 10.3. The fourth-order valence-electron chi connectivity index (χ4n) is 3.43. The fraction of sp³-hybridized carbons (Fsp3) is 0.200. The molecule has 0 saturated heterocycles. The summed E-state index contributed by atoms with van der Waals surface area (Å²) in [6, 6.07) is 21.5. The highest BCUT2D eigenvalue weighted by Gasteiger charge is 2.31. The van der Waals surface area contributed by atoms with Gasteiger partial charge in [0.2, 0.25) is 0 Å². The summed E-state index contributed by atoms with van der Waals surface area (Å²) in [5, 5.41) is 2.87. The Morgan fingerprint density at radius 3 is 2.50 bits per heavy atom. The quantitative estimate of drug-likeness (QED) is 0.607. The maximum atomic E-state index is 12.8. The molecule has 0 bridgehead atoms. The van der Waals surface area contributed by atoms with Gasteiger partial charge >= 0.3 is 0 Å². The predicted octanol–water partition coefficient (Wildman–Crippen LogP) is 4.14. The molecule has 0 saturated carbocycles. The maximum absolute atomic E-state index is 12.8. The third kappa shape index (κ3) is 4.67. The molecule has 4 rings (SSSR count). The normalized spacial score (nSPS) is 14.9. The number of methoxy groups -OCH3 is 1. The van der Waals surface area contributed by atoms with Crippen molar-refractivity contribution in [2.45, 2.75) is 13.0 Å². The zero-order valence-electron chi connectivity index (χ0n) is 17.9. The van der Waals surface area contributed by atoms with Crippen molar-refractivity contribution < 1.29 is 23.8 Å². The van der Waals surface area contributed by atoms with Gasteiger partial charge in [0.05, 0.1) is 19.3 Å². The summed E-state index contributed by atoms with van der Waals surface area (Å²) in [5.41, 5.74) is 1.65. The van der Waals surface area contributed by atoms with E-state index in [0.29, 0.717) is 41.6 Å². The van der Waals surface area contributed by atoms with Crippen LogP contribution in [0.25, 0.3) is 0 Å². The van der Waals surface area contributed by atoms with E-state index in [1.165, 1.54) is 0 Å². The van der Waals surface area contributed by atoms with Gasteiger partial charge in [0.15, 0.2) is 6.10 Å². The van der Waals surface area contributed by atoms with Crippen LogP contribution in [0.4, 0.5) is 11.4 Å². The Morgan fingerprint density at radius 1 is 1.03 bits per heavy atom. The standard InChI is InChI=1S/C25H24N2O5/c1-17-25(29)27(14-15-31-21-6-4-3-5-7-21)22-16-19(10-13-23(22)32-17)26-24(28)18-8-11-20(30-2)12-9-18/h3-13,16-17H,14-15H2,1-2H3,(H,26,28). The van der Waals surface area contributed by atoms with Gasteiger partial charge in [-0.15, -0.1) is 0 Å². The van der Waals surface area contributed by atoms with Crippen molar-refractivity contribution in [1.29, 1.82) is 0 Å². The van der Waals surface area contributed by atoms with Gasteiger partial charge in [-0.2, -0.15) is 0 Å². The number of rotatable bonds is 7. The summed E-state index contributed by atoms with van der Waals surface area (Å²) in [7, 11) is 1.57. The molecule has 0 aromatic heterocycles. The van der Waals surface area contributed by atoms with E-state index in [9.17, 15) is 9.59 Å². The molecule has 1 atom stereocenters. The number of hydrogen-bond donors (Lipinski definition) is 1. The first kappa shape index (κ1) is 21.2. The lowest BCUT2D eigenvalue weighted by Crippen LogP contribution is -2.46. The molecule has 1 heterocycles. The van der Waals surface area contributed by atoms with E-state index in [1.54, 1.807) is 61.4 Å². The average Bonchev–Trinajstić information content (AvgIpc) is 2.82. The Morgan fingerprint density at radius 2 is 1.78 bits per heavy atom. The van der Waals surface area contributed by atoms with Gasteiger partial charge in [-0.3, -0.25) is 9.59 Å². The lowest BCUT2D eigenvalue weighted by molar-refractivity contribution is -0.125. The molecular weight excluding hydrogens is 408 g/mol. The number of anilines is 2. The molecule has 3 aromatic carbocycles. The molecule has 32 heavy (non-hydrogen) atoms. The summed E-state index contributed by atoms with van der Waals surface area (Å²) in [6.45, 7) is 2.39. The second-order valence-electron chi connectivity index (χ2n) is 7.28. The third-order valence-corrected chi connectivity index (χ3v) is 5.10. The summed E-state index contributed by atoms with van der Waals surface area (Å²) >= 11 is 0. The molecular formula is C25H24N2O5. The van der Waals surface area contributed by atoms with Crippen molar-refractivity contribution in [2.75, 3.05) is 30.5 Å². The summed E-state index contributed by atoms with van der Waals surface area (Å²) in [5.74, 6) is 1.57. The molecule has 1 aliphatic rings. The molecule has 0 spiro atoms. The zero-order valence-corrected chi connectivity index (χ0v) is 17.9. The number of benzene rings is 3. The minimum absolute atomic E-state index is 0.159. The fourth-order valence-corrected chi connectivity index (χ4v) is 3.43. The molecule has 1 unspecified atom stereocenters. The van der Waals surface area contributed by atoms with Crippen molar-refractivity contribution in [3.63, 3.8) is 0 Å². The lowest BCUT2D eigenvalue weighted by Gasteiger charge is -2.33. The van der Waals surface area contributed by atoms with Crippen LogP contribution in [0.1, 0.15) is 17.3 Å². The van der Waals surface area contributed by atoms with Crippen LogP contribution in [0.3, 0.4) is 0 Å². The van der Waals surface area contributed by atoms with Gasteiger partial charge < -0.3 is 24.4 Å². The van der Waals surface area contributed by atoms with Crippen LogP contribution < -0.4 is 24.4 Å². The number of carbonyl (C=O) groups excluding carboxylic acids is 2. The number of para-hydroxylation sites is 1. The monoisotopic (exact) mass is 432 g/mol. The van der Waals surface area contributed by atoms with Crippen molar-refractivity contribution in [1.82, 2.24) is 0 Å². The molecule has 1 N–H and O–H groups in total. The molecule has 2 amide bonds. The van der Waals surface area contributed by atoms with E-state index in [2.05, 4.69) is 5.32 Å². The van der Waals surface area contributed by atoms with Crippen LogP contribution >= 0.6 is 0 Å². The number of fused-ring (bicyclic) bond motifs is 1. The summed E-state index contributed by atoms with van der Waals surface area (Å²) < 4.78 is 16.6. The molecule has 0 radical (unpaired) electrons. The second kappa shape index (κ2) is 9.43. The van der Waals surface area contributed by atoms with Gasteiger partial charge in [-0.05, 0) is 61.5 Å². The number of carbonyl (C=O) groups is 2. The molecule has 3 aromatic rings. The van der Waals surface area contributed by atoms with Crippen LogP contribution in [-0.2, 0) is 4.79 Å². The minimum Gasteiger partial charge on any atom is -0.497 e. The van der Waals surface area contributed by atoms with Crippen LogP contribution in [-0.4, -0.2) is 38.2 Å². The highest BCUT2D eigenvalue weighted by Crippen LogP contribution is 2.36. The SMILES string of the molecule is COc1ccc(C(=O)Nc2ccc3c(c2)N(CCOc2ccccc2)C(=O)C(C)O3)cc1. The zero-order chi connectivity index (χ0) is 22.5. The first-order chi connectivity index (χ1) is 15.5. The Bertz CT molecular complexity index is 1100. The number of nitrogens with zero attached hydrogens (tertiary/aromatic N) is 1. The van der Waals surface area contributed by atoms with Crippen molar-refractivity contribution in [3.8, 4) is 17.2 Å². The number of nitrogens with one attached hydrogen (secondary N) is 1. The Balaban J connectivity index is 1.50. The molecule has 0 aliphatic carbocycles. The van der Waals surface area contributed by atoms with E-state index in [0.717, 1.165) is 5.75 Å². The second-order valence-corrected chi connectivity index (χ2v) is 7.28. The predicted molar refractivity (Wildman–Crippen MR) is 122 cm³/mol. The molecule has 1 aliphatic heterocycles. The van der Waals surface area contributed by atoms with E-state index in [-0.39, 0.29) is 11.8 Å². The molecule has 7 heteroatoms. The van der Waals surface area contributed by atoms with Crippen LogP contribution in [0.2, 0.25) is 0 Å². The molecule has 0 fully saturated rings. The highest BCUT2D eigenvalue weighted by molar-refractivity contribution is 6.05. The van der Waals surface area contributed by atoms with E-state index in [4.69, 9.17) is 14.2 Å². The smallest absolute Gasteiger partial charge is 0.267 e. The Labute approximate surface area is 186 Å². The van der Waals surface area contributed by atoms with Crippen molar-refractivity contribution in [2.24, 2.45) is 0 Å². The Hall–Kier alpha value is -4.00. The third-order valence-electron chi connectivity index (χ3n) is 5.10. The van der Waals surface area contributed by atoms with Crippen LogP contribution in [0.5, 0.6) is 17.2 Å². The lowest BCUT2D eigenvalue weighted by atomic mass is 10.1. The molecule has 7 nitrogen and oxygen atoms in total. The summed E-state index contributed by atoms with van der Waals surface area (Å²) in [6.07, 6.45) is -0.598. The number of amides is 2. The van der Waals surface area contributed by atoms with Crippen LogP contribution in [0.15, 0.2) is 72.8 Å².